The molecule has 0 aromatic carbocycles. The minimum atomic E-state index is -5.68. The van der Waals surface area contributed by atoms with E-state index >= 15 is 0 Å². The summed E-state index contributed by atoms with van der Waals surface area (Å²) in [6.45, 7) is 0. The van der Waals surface area contributed by atoms with E-state index in [0.717, 1.165) is 0 Å². The zero-order valence-electron chi connectivity index (χ0n) is 9.80. The first-order valence-electron chi connectivity index (χ1n) is 1.46. The van der Waals surface area contributed by atoms with Crippen LogP contribution in [-0.2, 0) is 46.4 Å². The van der Waals surface area contributed by atoms with Crippen LogP contribution in [0.4, 0.5) is 0 Å². The van der Waals surface area contributed by atoms with Gasteiger partial charge in [-0.05, 0) is 0 Å². The van der Waals surface area contributed by atoms with Crippen LogP contribution in [0.1, 0.15) is 5.71 Å². The zero-order chi connectivity index (χ0) is 7.71. The molecule has 0 atom stereocenters. The third-order valence-corrected chi connectivity index (χ3v) is 1.80. The van der Waals surface area contributed by atoms with Gasteiger partial charge < -0.3 is 38.7 Å². The van der Waals surface area contributed by atoms with Gasteiger partial charge in [0.15, 0.2) is 0 Å². The van der Waals surface area contributed by atoms with Crippen LogP contribution < -0.4 is 19.6 Å². The first-order chi connectivity index (χ1) is 3.71. The summed E-state index contributed by atoms with van der Waals surface area (Å²) in [5, 5.41) is 0. The molecule has 13 heavy (non-hydrogen) atoms. The van der Waals surface area contributed by atoms with Crippen molar-refractivity contribution in [2.24, 2.45) is 0 Å². The smallest absolute Gasteiger partial charge is 1.00 e. The topological polar surface area (TPSA) is 136 Å². The van der Waals surface area contributed by atoms with Crippen LogP contribution in [0.3, 0.4) is 0 Å². The molecule has 0 aromatic heterocycles. The molecule has 13 heteroatoms. The SMILES string of the molecule is O=P([O-])([O-])OP(=O)([O-])[O-].[H-].[H-].[H-].[H-].[Mg+2].[Mg+2].[Ni+2].[Ni+2]. The summed E-state index contributed by atoms with van der Waals surface area (Å²) in [7, 11) is -11.4. The monoisotopic (exact) mass is 342 g/mol. The molecule has 0 N–H and O–H groups in total. The Morgan fingerprint density at radius 1 is 0.846 bits per heavy atom. The summed E-state index contributed by atoms with van der Waals surface area (Å²) in [5.74, 6) is 0. The van der Waals surface area contributed by atoms with Gasteiger partial charge in [-0.25, -0.2) is 0 Å². The molecule has 0 aliphatic heterocycles. The summed E-state index contributed by atoms with van der Waals surface area (Å²) in [6.07, 6.45) is 0. The van der Waals surface area contributed by atoms with Gasteiger partial charge in [0.05, 0.1) is 15.6 Å². The molecule has 0 fully saturated rings. The van der Waals surface area contributed by atoms with Crippen LogP contribution in [-0.4, -0.2) is 46.1 Å². The Morgan fingerprint density at radius 3 is 1.00 bits per heavy atom. The minimum absolute atomic E-state index is 0. The molecule has 0 rings (SSSR count). The third kappa shape index (κ3) is 31.3. The molecule has 7 nitrogen and oxygen atoms in total. The largest absolute Gasteiger partial charge is 2.00 e. The molecule has 0 aliphatic carbocycles. The van der Waals surface area contributed by atoms with Crippen LogP contribution in [0.5, 0.6) is 0 Å². The number of phosphoric acid groups is 2. The average Bonchev–Trinajstić information content (AvgIpc) is 1.14. The van der Waals surface area contributed by atoms with E-state index in [2.05, 4.69) is 4.31 Å². The van der Waals surface area contributed by atoms with Gasteiger partial charge in [0, 0.05) is 0 Å². The maximum Gasteiger partial charge on any atom is 2.00 e. The van der Waals surface area contributed by atoms with Crippen molar-refractivity contribution in [1.82, 2.24) is 0 Å². The van der Waals surface area contributed by atoms with Gasteiger partial charge in [-0.3, -0.25) is 0 Å². The number of hydrogen-bond acceptors (Lipinski definition) is 7. The van der Waals surface area contributed by atoms with E-state index in [4.69, 9.17) is 0 Å². The first-order valence-corrected chi connectivity index (χ1v) is 4.38. The summed E-state index contributed by atoms with van der Waals surface area (Å²) < 4.78 is 21.2. The van der Waals surface area contributed by atoms with Gasteiger partial charge >= 0.3 is 79.1 Å². The molecule has 0 amide bonds. The average molecular weight is 344 g/mol. The first kappa shape index (κ1) is 29.7. The molecule has 0 saturated heterocycles. The third-order valence-electron chi connectivity index (χ3n) is 0.200. The fraction of sp³-hybridized carbons (Fsp3) is 0. The molecule has 0 saturated carbocycles. The van der Waals surface area contributed by atoms with E-state index in [-0.39, 0.29) is 84.8 Å². The van der Waals surface area contributed by atoms with Gasteiger partial charge in [0.1, 0.15) is 0 Å². The van der Waals surface area contributed by atoms with Crippen molar-refractivity contribution >= 4 is 61.8 Å². The maximum atomic E-state index is 9.32. The molecule has 0 aliphatic rings. The minimum Gasteiger partial charge on any atom is -1.00 e. The van der Waals surface area contributed by atoms with Crippen molar-refractivity contribution in [1.29, 1.82) is 0 Å². The fourth-order valence-corrected chi connectivity index (χ4v) is 1.10. The fourth-order valence-electron chi connectivity index (χ4n) is 0.122. The van der Waals surface area contributed by atoms with Gasteiger partial charge in [0.2, 0.25) is 0 Å². The molecular weight excluding hydrogens is 340 g/mol. The Labute approximate surface area is 132 Å². The molecule has 0 heterocycles. The Kier molecular flexibility index (Phi) is 25.7. The summed E-state index contributed by atoms with van der Waals surface area (Å²) in [6, 6.07) is 0. The van der Waals surface area contributed by atoms with Gasteiger partial charge in [0.25, 0.3) is 0 Å². The van der Waals surface area contributed by atoms with Crippen molar-refractivity contribution < 1.29 is 71.7 Å². The molecule has 0 aromatic rings. The van der Waals surface area contributed by atoms with Crippen molar-refractivity contribution in [3.05, 3.63) is 0 Å². The zero-order valence-corrected chi connectivity index (χ0v) is 12.4. The van der Waals surface area contributed by atoms with Crippen LogP contribution in [0.2, 0.25) is 0 Å². The Bertz CT molecular complexity index is 176. The van der Waals surface area contributed by atoms with Crippen molar-refractivity contribution in [2.45, 2.75) is 0 Å². The summed E-state index contributed by atoms with van der Waals surface area (Å²) >= 11 is 0. The van der Waals surface area contributed by atoms with E-state index in [0.29, 0.717) is 0 Å². The van der Waals surface area contributed by atoms with Crippen LogP contribution >= 0.6 is 15.6 Å². The van der Waals surface area contributed by atoms with Crippen molar-refractivity contribution in [2.75, 3.05) is 0 Å². The van der Waals surface area contributed by atoms with Crippen LogP contribution in [0.15, 0.2) is 0 Å². The van der Waals surface area contributed by atoms with Crippen molar-refractivity contribution in [3.63, 3.8) is 0 Å². The molecule has 0 unspecified atom stereocenters. The van der Waals surface area contributed by atoms with Crippen molar-refractivity contribution in [3.8, 4) is 0 Å². The molecule has 80 valence electrons. The van der Waals surface area contributed by atoms with E-state index in [9.17, 15) is 28.7 Å². The van der Waals surface area contributed by atoms with E-state index in [1.165, 1.54) is 0 Å². The predicted octanol–water partition coefficient (Wildman–Crippen LogP) is -3.66. The second-order valence-electron chi connectivity index (χ2n) is 0.976. The molecular formula is H4Mg2Ni2O7P2. The standard InChI is InChI=1S/2Mg.2Ni.H4O7P2.4H/c;;;;1-8(2,3)7-9(4,5)6;;;;/h;;;;(H2,1,2,3)(H2,4,5,6);;;;/q4*+2;;4*-1/p-4. The maximum absolute atomic E-state index is 9.32. The van der Waals surface area contributed by atoms with E-state index in [1.807, 2.05) is 0 Å². The van der Waals surface area contributed by atoms with Crippen LogP contribution in [0.25, 0.3) is 0 Å². The Balaban J connectivity index is -0.0000000114. The van der Waals surface area contributed by atoms with Crippen LogP contribution in [0, 0.1) is 0 Å². The van der Waals surface area contributed by atoms with Gasteiger partial charge in [-0.1, -0.05) is 0 Å². The molecule has 0 radical (unpaired) electrons. The Hall–Kier alpha value is 2.78. The molecule has 0 spiro atoms. The second kappa shape index (κ2) is 11.3. The van der Waals surface area contributed by atoms with Gasteiger partial charge in [-0.2, -0.15) is 0 Å². The Morgan fingerprint density at radius 2 is 1.00 bits per heavy atom. The predicted molar refractivity (Wildman–Crippen MR) is 32.3 cm³/mol. The normalized spacial score (nSPS) is 9.54. The quantitative estimate of drug-likeness (QED) is 0.372. The van der Waals surface area contributed by atoms with E-state index in [1.54, 1.807) is 0 Å². The van der Waals surface area contributed by atoms with E-state index < -0.39 is 15.6 Å². The van der Waals surface area contributed by atoms with Gasteiger partial charge in [-0.15, -0.1) is 0 Å². The number of hydrogen-bond donors (Lipinski definition) is 0. The second-order valence-corrected chi connectivity index (χ2v) is 3.42. The summed E-state index contributed by atoms with van der Waals surface area (Å²) in [4.78, 5) is 37.3. The summed E-state index contributed by atoms with van der Waals surface area (Å²) in [5.41, 5.74) is 0. The molecule has 0 bridgehead atoms. The number of rotatable bonds is 2.